The van der Waals surface area contributed by atoms with Crippen molar-refractivity contribution in [3.05, 3.63) is 35.6 Å². The lowest BCUT2D eigenvalue weighted by Crippen LogP contribution is -2.48. The van der Waals surface area contributed by atoms with Crippen LogP contribution in [-0.4, -0.2) is 25.0 Å². The zero-order valence-electron chi connectivity index (χ0n) is 9.87. The monoisotopic (exact) mass is 236 g/mol. The molecule has 1 amide bonds. The molecule has 1 aromatic rings. The van der Waals surface area contributed by atoms with Gasteiger partial charge in [0.15, 0.2) is 0 Å². The summed E-state index contributed by atoms with van der Waals surface area (Å²) in [5.41, 5.74) is 0.378. The predicted octanol–water partition coefficient (Wildman–Crippen LogP) is 1.55. The third kappa shape index (κ3) is 3.27. The van der Waals surface area contributed by atoms with Crippen LogP contribution >= 0.6 is 0 Å². The van der Waals surface area contributed by atoms with Gasteiger partial charge in [0.1, 0.15) is 5.82 Å². The third-order valence-electron chi connectivity index (χ3n) is 2.99. The summed E-state index contributed by atoms with van der Waals surface area (Å²) in [5.74, 6) is -0.0280. The molecule has 1 saturated heterocycles. The molecule has 2 unspecified atom stereocenters. The molecule has 0 radical (unpaired) electrons. The maximum absolute atomic E-state index is 13.0. The average Bonchev–Trinajstić information content (AvgIpc) is 2.29. The molecule has 2 rings (SSSR count). The Morgan fingerprint density at radius 1 is 1.47 bits per heavy atom. The second-order valence-electron chi connectivity index (χ2n) is 4.68. The minimum absolute atomic E-state index is 0.134. The second-order valence-corrected chi connectivity index (χ2v) is 4.68. The number of carbonyl (C=O) groups excluding carboxylic acids is 1. The van der Waals surface area contributed by atoms with Gasteiger partial charge in [-0.2, -0.15) is 0 Å². The Kier molecular flexibility index (Phi) is 3.74. The van der Waals surface area contributed by atoms with E-state index >= 15 is 0 Å². The van der Waals surface area contributed by atoms with Gasteiger partial charge in [-0.3, -0.25) is 4.79 Å². The fourth-order valence-corrected chi connectivity index (χ4v) is 2.16. The van der Waals surface area contributed by atoms with Crippen LogP contribution in [0.1, 0.15) is 23.7 Å². The Labute approximate surface area is 100 Å². The summed E-state index contributed by atoms with van der Waals surface area (Å²) in [4.78, 5) is 11.9. The lowest BCUT2D eigenvalue weighted by molar-refractivity contribution is 0.0925. The number of hydrogen-bond donors (Lipinski definition) is 2. The first-order valence-corrected chi connectivity index (χ1v) is 5.92. The molecular weight excluding hydrogens is 219 g/mol. The normalized spacial score (nSPS) is 24.4. The van der Waals surface area contributed by atoms with E-state index in [2.05, 4.69) is 17.6 Å². The molecule has 0 spiro atoms. The van der Waals surface area contributed by atoms with Gasteiger partial charge in [0.25, 0.3) is 5.91 Å². The molecule has 92 valence electrons. The molecule has 3 nitrogen and oxygen atoms in total. The summed E-state index contributed by atoms with van der Waals surface area (Å²) in [5, 5.41) is 6.19. The topological polar surface area (TPSA) is 41.1 Å². The molecular formula is C13H17FN2O. The van der Waals surface area contributed by atoms with Gasteiger partial charge in [-0.05, 0) is 37.1 Å². The lowest BCUT2D eigenvalue weighted by Gasteiger charge is -2.28. The van der Waals surface area contributed by atoms with Gasteiger partial charge in [-0.1, -0.05) is 13.0 Å². The largest absolute Gasteiger partial charge is 0.348 e. The van der Waals surface area contributed by atoms with Gasteiger partial charge in [0.2, 0.25) is 0 Å². The molecule has 0 bridgehead atoms. The molecule has 1 heterocycles. The smallest absolute Gasteiger partial charge is 0.251 e. The minimum atomic E-state index is -0.382. The van der Waals surface area contributed by atoms with Crippen LogP contribution in [0, 0.1) is 11.7 Å². The summed E-state index contributed by atoms with van der Waals surface area (Å²) < 4.78 is 13.0. The van der Waals surface area contributed by atoms with Crippen LogP contribution in [-0.2, 0) is 0 Å². The highest BCUT2D eigenvalue weighted by molar-refractivity contribution is 5.94. The van der Waals surface area contributed by atoms with Crippen LogP contribution in [0.25, 0.3) is 0 Å². The van der Waals surface area contributed by atoms with Gasteiger partial charge in [0, 0.05) is 18.2 Å². The Balaban J connectivity index is 1.97. The van der Waals surface area contributed by atoms with E-state index in [4.69, 9.17) is 0 Å². The first-order valence-electron chi connectivity index (χ1n) is 5.92. The summed E-state index contributed by atoms with van der Waals surface area (Å²) in [6.45, 7) is 3.92. The van der Waals surface area contributed by atoms with Crippen LogP contribution in [0.2, 0.25) is 0 Å². The van der Waals surface area contributed by atoms with Gasteiger partial charge < -0.3 is 10.6 Å². The van der Waals surface area contributed by atoms with E-state index in [1.807, 2.05) is 0 Å². The SMILES string of the molecule is CC1CNCC(NC(=O)c2cccc(F)c2)C1. The van der Waals surface area contributed by atoms with E-state index in [1.165, 1.54) is 12.1 Å². The second kappa shape index (κ2) is 5.27. The van der Waals surface area contributed by atoms with Crippen molar-refractivity contribution in [1.29, 1.82) is 0 Å². The maximum atomic E-state index is 13.0. The van der Waals surface area contributed by atoms with Crippen molar-refractivity contribution in [3.8, 4) is 0 Å². The van der Waals surface area contributed by atoms with Crippen molar-refractivity contribution in [2.75, 3.05) is 13.1 Å². The van der Waals surface area contributed by atoms with Gasteiger partial charge in [0.05, 0.1) is 0 Å². The summed E-state index contributed by atoms with van der Waals surface area (Å²) >= 11 is 0. The van der Waals surface area contributed by atoms with E-state index in [9.17, 15) is 9.18 Å². The maximum Gasteiger partial charge on any atom is 0.251 e. The van der Waals surface area contributed by atoms with Gasteiger partial charge in [-0.25, -0.2) is 4.39 Å². The average molecular weight is 236 g/mol. The van der Waals surface area contributed by atoms with E-state index < -0.39 is 0 Å². The van der Waals surface area contributed by atoms with Crippen LogP contribution in [0.15, 0.2) is 24.3 Å². The predicted molar refractivity (Wildman–Crippen MR) is 64.3 cm³/mol. The fraction of sp³-hybridized carbons (Fsp3) is 0.462. The summed E-state index contributed by atoms with van der Waals surface area (Å²) in [6.07, 6.45) is 0.966. The van der Waals surface area contributed by atoms with Crippen molar-refractivity contribution >= 4 is 5.91 Å². The highest BCUT2D eigenvalue weighted by Gasteiger charge is 2.20. The highest BCUT2D eigenvalue weighted by Crippen LogP contribution is 2.10. The number of hydrogen-bond acceptors (Lipinski definition) is 2. The Bertz CT molecular complexity index is 408. The van der Waals surface area contributed by atoms with Crippen LogP contribution in [0.4, 0.5) is 4.39 Å². The molecule has 2 atom stereocenters. The summed E-state index contributed by atoms with van der Waals surface area (Å²) in [7, 11) is 0. The molecule has 1 aromatic carbocycles. The summed E-state index contributed by atoms with van der Waals surface area (Å²) in [6, 6.07) is 5.90. The van der Waals surface area contributed by atoms with Crippen molar-refractivity contribution in [3.63, 3.8) is 0 Å². The van der Waals surface area contributed by atoms with E-state index in [1.54, 1.807) is 12.1 Å². The number of halogens is 1. The number of nitrogens with one attached hydrogen (secondary N) is 2. The molecule has 2 N–H and O–H groups in total. The lowest BCUT2D eigenvalue weighted by atomic mass is 9.97. The van der Waals surface area contributed by atoms with E-state index in [-0.39, 0.29) is 17.8 Å². The van der Waals surface area contributed by atoms with Gasteiger partial charge >= 0.3 is 0 Å². The fourth-order valence-electron chi connectivity index (χ4n) is 2.16. The number of benzene rings is 1. The highest BCUT2D eigenvalue weighted by atomic mass is 19.1. The Hall–Kier alpha value is -1.42. The first kappa shape index (κ1) is 12.0. The number of amides is 1. The molecule has 17 heavy (non-hydrogen) atoms. The van der Waals surface area contributed by atoms with Crippen LogP contribution < -0.4 is 10.6 Å². The number of rotatable bonds is 2. The quantitative estimate of drug-likeness (QED) is 0.818. The van der Waals surface area contributed by atoms with Crippen LogP contribution in [0.5, 0.6) is 0 Å². The van der Waals surface area contributed by atoms with Crippen LogP contribution in [0.3, 0.4) is 0 Å². The zero-order chi connectivity index (χ0) is 12.3. The van der Waals surface area contributed by atoms with E-state index in [0.29, 0.717) is 11.5 Å². The van der Waals surface area contributed by atoms with E-state index in [0.717, 1.165) is 19.5 Å². The van der Waals surface area contributed by atoms with Crippen molar-refractivity contribution in [2.45, 2.75) is 19.4 Å². The number of carbonyl (C=O) groups is 1. The molecule has 1 aliphatic rings. The van der Waals surface area contributed by atoms with Crippen molar-refractivity contribution in [2.24, 2.45) is 5.92 Å². The standard InChI is InChI=1S/C13H17FN2O/c1-9-5-12(8-15-7-9)16-13(17)10-3-2-4-11(14)6-10/h2-4,6,9,12,15H,5,7-8H2,1H3,(H,16,17). The Morgan fingerprint density at radius 2 is 2.29 bits per heavy atom. The van der Waals surface area contributed by atoms with Crippen molar-refractivity contribution < 1.29 is 9.18 Å². The molecule has 0 saturated carbocycles. The zero-order valence-corrected chi connectivity index (χ0v) is 9.87. The van der Waals surface area contributed by atoms with Gasteiger partial charge in [-0.15, -0.1) is 0 Å². The number of piperidine rings is 1. The minimum Gasteiger partial charge on any atom is -0.348 e. The molecule has 1 aliphatic heterocycles. The molecule has 0 aromatic heterocycles. The molecule has 1 fully saturated rings. The molecule has 4 heteroatoms. The van der Waals surface area contributed by atoms with Crippen molar-refractivity contribution in [1.82, 2.24) is 10.6 Å². The molecule has 0 aliphatic carbocycles. The first-order chi connectivity index (χ1) is 8.15. The third-order valence-corrected chi connectivity index (χ3v) is 2.99. The Morgan fingerprint density at radius 3 is 3.00 bits per heavy atom.